The summed E-state index contributed by atoms with van der Waals surface area (Å²) >= 11 is 0. The van der Waals surface area contributed by atoms with Crippen LogP contribution in [0.15, 0.2) is 65.6 Å². The van der Waals surface area contributed by atoms with Gasteiger partial charge in [-0.25, -0.2) is 8.42 Å². The van der Waals surface area contributed by atoms with E-state index in [1.54, 1.807) is 52.2 Å². The number of methoxy groups -OCH3 is 3. The molecule has 1 atom stereocenters. The number of sulfonamides is 1. The van der Waals surface area contributed by atoms with Crippen LogP contribution in [0.2, 0.25) is 0 Å². The van der Waals surface area contributed by atoms with Gasteiger partial charge in [-0.05, 0) is 78.2 Å². The third-order valence-electron chi connectivity index (χ3n) is 7.18. The number of benzene rings is 3. The van der Waals surface area contributed by atoms with Crippen molar-refractivity contribution < 1.29 is 32.2 Å². The van der Waals surface area contributed by atoms with Gasteiger partial charge in [0, 0.05) is 25.2 Å². The second kappa shape index (κ2) is 12.6. The summed E-state index contributed by atoms with van der Waals surface area (Å²) in [6, 6.07) is 16.8. The Bertz CT molecular complexity index is 1420. The molecule has 0 aliphatic carbocycles. The molecule has 0 saturated heterocycles. The average molecular weight is 569 g/mol. The summed E-state index contributed by atoms with van der Waals surface area (Å²) in [6.45, 7) is 5.00. The highest BCUT2D eigenvalue weighted by Crippen LogP contribution is 2.39. The molecule has 1 unspecified atom stereocenters. The van der Waals surface area contributed by atoms with E-state index in [0.29, 0.717) is 48.9 Å². The molecule has 1 amide bonds. The maximum absolute atomic E-state index is 13.8. The van der Waals surface area contributed by atoms with E-state index in [9.17, 15) is 13.2 Å². The van der Waals surface area contributed by atoms with Crippen LogP contribution in [0.4, 0.5) is 0 Å². The van der Waals surface area contributed by atoms with Gasteiger partial charge < -0.3 is 23.8 Å². The lowest BCUT2D eigenvalue weighted by Crippen LogP contribution is -2.42. The Kier molecular flexibility index (Phi) is 9.21. The summed E-state index contributed by atoms with van der Waals surface area (Å²) in [4.78, 5) is 15.8. The average Bonchev–Trinajstić information content (AvgIpc) is 2.99. The van der Waals surface area contributed by atoms with Crippen molar-refractivity contribution in [2.24, 2.45) is 0 Å². The first-order chi connectivity index (χ1) is 19.3. The Balaban J connectivity index is 1.66. The second-order valence-corrected chi connectivity index (χ2v) is 11.2. The van der Waals surface area contributed by atoms with Gasteiger partial charge in [0.1, 0.15) is 18.1 Å². The second-order valence-electron chi connectivity index (χ2n) is 9.27. The lowest BCUT2D eigenvalue weighted by molar-refractivity contribution is 0.0589. The van der Waals surface area contributed by atoms with Crippen LogP contribution in [0.5, 0.6) is 23.0 Å². The molecule has 0 radical (unpaired) electrons. The molecule has 1 aliphatic rings. The molecule has 0 bridgehead atoms. The van der Waals surface area contributed by atoms with Crippen LogP contribution in [0.1, 0.15) is 41.4 Å². The predicted molar refractivity (Wildman–Crippen MR) is 152 cm³/mol. The fraction of sp³-hybridized carbons (Fsp3) is 0.367. The Labute approximate surface area is 236 Å². The van der Waals surface area contributed by atoms with E-state index in [2.05, 4.69) is 0 Å². The van der Waals surface area contributed by atoms with E-state index in [4.69, 9.17) is 18.9 Å². The Morgan fingerprint density at radius 1 is 0.875 bits per heavy atom. The van der Waals surface area contributed by atoms with E-state index in [-0.39, 0.29) is 17.4 Å². The highest BCUT2D eigenvalue weighted by molar-refractivity contribution is 7.89. The number of hydrogen-bond donors (Lipinski definition) is 0. The summed E-state index contributed by atoms with van der Waals surface area (Å²) < 4.78 is 49.7. The summed E-state index contributed by atoms with van der Waals surface area (Å²) in [5, 5.41) is 0. The monoisotopic (exact) mass is 568 g/mol. The molecule has 3 aromatic rings. The quantitative estimate of drug-likeness (QED) is 0.335. The van der Waals surface area contributed by atoms with Gasteiger partial charge in [0.2, 0.25) is 10.0 Å². The van der Waals surface area contributed by atoms with Crippen LogP contribution in [0.25, 0.3) is 0 Å². The summed E-state index contributed by atoms with van der Waals surface area (Å²) in [5.74, 6) is 2.34. The van der Waals surface area contributed by atoms with Gasteiger partial charge >= 0.3 is 0 Å². The van der Waals surface area contributed by atoms with E-state index in [1.165, 1.54) is 16.4 Å². The SMILES string of the molecule is CCN(CC)S(=O)(=O)c1ccc(C(=O)N2CCc3cc(OC)c(OC)cc3C2COc2ccc(OC)cc2)cc1. The van der Waals surface area contributed by atoms with Crippen LogP contribution in [-0.4, -0.2) is 71.1 Å². The summed E-state index contributed by atoms with van der Waals surface area (Å²) in [7, 11) is 1.15. The van der Waals surface area contributed by atoms with E-state index < -0.39 is 16.1 Å². The number of carbonyl (C=O) groups is 1. The molecule has 10 heteroatoms. The maximum Gasteiger partial charge on any atom is 0.254 e. The van der Waals surface area contributed by atoms with Crippen LogP contribution >= 0.6 is 0 Å². The van der Waals surface area contributed by atoms with E-state index in [0.717, 1.165) is 16.9 Å². The Hall–Kier alpha value is -3.76. The van der Waals surface area contributed by atoms with Gasteiger partial charge in [-0.3, -0.25) is 4.79 Å². The number of fused-ring (bicyclic) bond motifs is 1. The van der Waals surface area contributed by atoms with Crippen molar-refractivity contribution >= 4 is 15.9 Å². The number of ether oxygens (including phenoxy) is 4. The molecule has 214 valence electrons. The normalized spacial score (nSPS) is 14.9. The zero-order valence-electron chi connectivity index (χ0n) is 23.5. The molecule has 0 spiro atoms. The van der Waals surface area contributed by atoms with E-state index in [1.807, 2.05) is 36.4 Å². The Morgan fingerprint density at radius 3 is 2.05 bits per heavy atom. The minimum Gasteiger partial charge on any atom is -0.497 e. The van der Waals surface area contributed by atoms with Crippen LogP contribution in [0, 0.1) is 0 Å². The number of hydrogen-bond acceptors (Lipinski definition) is 7. The number of rotatable bonds is 11. The molecule has 0 fully saturated rings. The highest BCUT2D eigenvalue weighted by Gasteiger charge is 2.34. The van der Waals surface area contributed by atoms with Crippen molar-refractivity contribution in [3.63, 3.8) is 0 Å². The van der Waals surface area contributed by atoms with Crippen molar-refractivity contribution in [1.82, 2.24) is 9.21 Å². The molecular weight excluding hydrogens is 532 g/mol. The first-order valence-corrected chi connectivity index (χ1v) is 14.6. The van der Waals surface area contributed by atoms with Gasteiger partial charge in [-0.15, -0.1) is 0 Å². The third kappa shape index (κ3) is 5.88. The minimum atomic E-state index is -3.62. The zero-order valence-corrected chi connectivity index (χ0v) is 24.4. The molecule has 40 heavy (non-hydrogen) atoms. The number of nitrogens with zero attached hydrogens (tertiary/aromatic N) is 2. The third-order valence-corrected chi connectivity index (χ3v) is 9.24. The molecular formula is C30H36N2O7S. The fourth-order valence-corrected chi connectivity index (χ4v) is 6.40. The zero-order chi connectivity index (χ0) is 28.9. The molecule has 3 aromatic carbocycles. The van der Waals surface area contributed by atoms with Crippen LogP contribution in [-0.2, 0) is 16.4 Å². The number of amides is 1. The fourth-order valence-electron chi connectivity index (χ4n) is 4.95. The topological polar surface area (TPSA) is 94.6 Å². The van der Waals surface area contributed by atoms with Crippen molar-refractivity contribution in [3.05, 3.63) is 77.4 Å². The van der Waals surface area contributed by atoms with Gasteiger partial charge in [0.15, 0.2) is 11.5 Å². The minimum absolute atomic E-state index is 0.160. The molecule has 0 saturated carbocycles. The highest BCUT2D eigenvalue weighted by atomic mass is 32.2. The number of carbonyl (C=O) groups excluding carboxylic acids is 1. The first kappa shape index (κ1) is 29.2. The Morgan fingerprint density at radius 2 is 1.48 bits per heavy atom. The van der Waals surface area contributed by atoms with Crippen molar-refractivity contribution in [3.8, 4) is 23.0 Å². The molecule has 4 rings (SSSR count). The van der Waals surface area contributed by atoms with Crippen molar-refractivity contribution in [2.45, 2.75) is 31.2 Å². The molecule has 0 aromatic heterocycles. The van der Waals surface area contributed by atoms with Crippen LogP contribution < -0.4 is 18.9 Å². The smallest absolute Gasteiger partial charge is 0.254 e. The molecule has 1 aliphatic heterocycles. The standard InChI is InChI=1S/C30H36N2O7S/c1-6-31(7-2)40(34,35)25-14-8-21(9-15-25)30(33)32-17-16-22-18-28(37-4)29(38-5)19-26(22)27(32)20-39-24-12-10-23(36-3)11-13-24/h8-15,18-19,27H,6-7,16-17,20H2,1-5H3. The van der Waals surface area contributed by atoms with Gasteiger partial charge in [-0.2, -0.15) is 4.31 Å². The molecule has 9 nitrogen and oxygen atoms in total. The maximum atomic E-state index is 13.8. The first-order valence-electron chi connectivity index (χ1n) is 13.2. The predicted octanol–water partition coefficient (Wildman–Crippen LogP) is 4.56. The largest absolute Gasteiger partial charge is 0.497 e. The van der Waals surface area contributed by atoms with Crippen LogP contribution in [0.3, 0.4) is 0 Å². The lowest BCUT2D eigenvalue weighted by atomic mass is 9.91. The van der Waals surface area contributed by atoms with Gasteiger partial charge in [-0.1, -0.05) is 13.8 Å². The summed E-state index contributed by atoms with van der Waals surface area (Å²) in [5.41, 5.74) is 2.36. The van der Waals surface area contributed by atoms with Gasteiger partial charge in [0.25, 0.3) is 5.91 Å². The molecule has 1 heterocycles. The summed E-state index contributed by atoms with van der Waals surface area (Å²) in [6.07, 6.45) is 0.620. The van der Waals surface area contributed by atoms with Gasteiger partial charge in [0.05, 0.1) is 32.3 Å². The van der Waals surface area contributed by atoms with Crippen molar-refractivity contribution in [2.75, 3.05) is 47.6 Å². The molecule has 0 N–H and O–H groups in total. The van der Waals surface area contributed by atoms with E-state index >= 15 is 0 Å². The lowest BCUT2D eigenvalue weighted by Gasteiger charge is -2.37. The van der Waals surface area contributed by atoms with Crippen molar-refractivity contribution in [1.29, 1.82) is 0 Å².